The van der Waals surface area contributed by atoms with E-state index in [-0.39, 0.29) is 17.7 Å². The predicted molar refractivity (Wildman–Crippen MR) is 117 cm³/mol. The number of imide groups is 1. The lowest BCUT2D eigenvalue weighted by Gasteiger charge is -2.40. The minimum Gasteiger partial charge on any atom is -0.481 e. The van der Waals surface area contributed by atoms with Crippen LogP contribution in [0.5, 0.6) is 0 Å². The Kier molecular flexibility index (Phi) is 6.90. The van der Waals surface area contributed by atoms with Gasteiger partial charge in [0.2, 0.25) is 5.91 Å². The zero-order chi connectivity index (χ0) is 24.5. The number of nitrogens with zero attached hydrogens (tertiary/aromatic N) is 2. The molecule has 0 saturated carbocycles. The quantitative estimate of drug-likeness (QED) is 0.513. The summed E-state index contributed by atoms with van der Waals surface area (Å²) in [4.78, 5) is 66.6. The fraction of sp³-hybridized carbons (Fsp3) is 0.542. The van der Waals surface area contributed by atoms with Crippen LogP contribution < -0.4 is 0 Å². The predicted octanol–water partition coefficient (Wildman–Crippen LogP) is 2.48. The monoisotopic (exact) mass is 458 g/mol. The molecule has 9 nitrogen and oxygen atoms in total. The van der Waals surface area contributed by atoms with Crippen molar-refractivity contribution in [3.8, 4) is 0 Å². The highest BCUT2D eigenvalue weighted by atomic mass is 16.6. The van der Waals surface area contributed by atoms with E-state index in [1.807, 2.05) is 0 Å². The molecule has 1 fully saturated rings. The van der Waals surface area contributed by atoms with Gasteiger partial charge in [-0.15, -0.1) is 0 Å². The molecule has 0 bridgehead atoms. The van der Waals surface area contributed by atoms with Crippen molar-refractivity contribution >= 4 is 29.7 Å². The average molecular weight is 459 g/mol. The Morgan fingerprint density at radius 3 is 2.18 bits per heavy atom. The summed E-state index contributed by atoms with van der Waals surface area (Å²) in [5, 5.41) is 9.35. The van der Waals surface area contributed by atoms with Crippen molar-refractivity contribution in [3.63, 3.8) is 0 Å². The molecule has 3 atom stereocenters. The maximum absolute atomic E-state index is 13.8. The number of amides is 3. The van der Waals surface area contributed by atoms with Crippen molar-refractivity contribution in [1.82, 2.24) is 9.80 Å². The normalized spacial score (nSPS) is 20.3. The third-order valence-corrected chi connectivity index (χ3v) is 5.86. The number of fused-ring (bicyclic) bond motifs is 1. The SMILES string of the molecule is C[C@H](CC(=O)O)C(C(=O)N1CCCC[C@H]1C(=O)OC(C)(C)C)N1C(=O)c2ccccc2C1=O. The molecule has 3 rings (SSSR count). The van der Waals surface area contributed by atoms with Gasteiger partial charge in [0.15, 0.2) is 0 Å². The summed E-state index contributed by atoms with van der Waals surface area (Å²) in [5.41, 5.74) is -0.405. The lowest BCUT2D eigenvalue weighted by Crippen LogP contribution is -2.59. The maximum atomic E-state index is 13.8. The molecule has 3 amide bonds. The Bertz CT molecular complexity index is 946. The number of hydrogen-bond donors (Lipinski definition) is 1. The molecule has 1 saturated heterocycles. The number of likely N-dealkylation sites (tertiary alicyclic amines) is 1. The van der Waals surface area contributed by atoms with Gasteiger partial charge in [0.1, 0.15) is 17.7 Å². The summed E-state index contributed by atoms with van der Waals surface area (Å²) in [6.07, 6.45) is 1.33. The van der Waals surface area contributed by atoms with Gasteiger partial charge in [-0.05, 0) is 58.1 Å². The van der Waals surface area contributed by atoms with Crippen molar-refractivity contribution < 1.29 is 33.8 Å². The van der Waals surface area contributed by atoms with Gasteiger partial charge in [-0.2, -0.15) is 0 Å². The summed E-state index contributed by atoms with van der Waals surface area (Å²) in [5.74, 6) is -4.47. The minimum atomic E-state index is -1.35. The Labute approximate surface area is 192 Å². The average Bonchev–Trinajstić information content (AvgIpc) is 2.97. The fourth-order valence-corrected chi connectivity index (χ4v) is 4.44. The van der Waals surface area contributed by atoms with Crippen molar-refractivity contribution in [2.45, 2.75) is 71.1 Å². The summed E-state index contributed by atoms with van der Waals surface area (Å²) in [6.45, 7) is 6.97. The summed E-state index contributed by atoms with van der Waals surface area (Å²) in [7, 11) is 0. The van der Waals surface area contributed by atoms with Gasteiger partial charge in [-0.1, -0.05) is 19.1 Å². The van der Waals surface area contributed by atoms with Crippen molar-refractivity contribution in [3.05, 3.63) is 35.4 Å². The Balaban J connectivity index is 1.98. The van der Waals surface area contributed by atoms with Crippen molar-refractivity contribution in [2.24, 2.45) is 5.92 Å². The van der Waals surface area contributed by atoms with Gasteiger partial charge in [-0.25, -0.2) is 4.79 Å². The van der Waals surface area contributed by atoms with Crippen LogP contribution in [0.15, 0.2) is 24.3 Å². The molecule has 9 heteroatoms. The zero-order valence-corrected chi connectivity index (χ0v) is 19.4. The lowest BCUT2D eigenvalue weighted by molar-refractivity contribution is -0.168. The number of carbonyl (C=O) groups is 5. The van der Waals surface area contributed by atoms with Gasteiger partial charge in [0.05, 0.1) is 17.5 Å². The molecule has 1 unspecified atom stereocenters. The molecule has 0 radical (unpaired) electrons. The molecule has 2 aliphatic rings. The standard InChI is InChI=1S/C24H30N2O7/c1-14(13-18(27)28)19(26-20(29)15-9-5-6-10-16(15)21(26)30)22(31)25-12-8-7-11-17(25)23(32)33-24(2,3)4/h5-6,9-10,14,17,19H,7-8,11-13H2,1-4H3,(H,27,28)/t14-,17+,19?/m1/s1. The Morgan fingerprint density at radius 1 is 1.09 bits per heavy atom. The van der Waals surface area contributed by atoms with Crippen LogP contribution in [0.25, 0.3) is 0 Å². The van der Waals surface area contributed by atoms with E-state index < -0.39 is 59.7 Å². The Hall–Kier alpha value is -3.23. The highest BCUT2D eigenvalue weighted by Gasteiger charge is 2.48. The van der Waals surface area contributed by atoms with Crippen LogP contribution in [0.4, 0.5) is 0 Å². The molecule has 0 aliphatic carbocycles. The van der Waals surface area contributed by atoms with Gasteiger partial charge in [-0.3, -0.25) is 24.1 Å². The summed E-state index contributed by atoms with van der Waals surface area (Å²) < 4.78 is 5.51. The first-order valence-corrected chi connectivity index (χ1v) is 11.1. The first kappa shape index (κ1) is 24.4. The maximum Gasteiger partial charge on any atom is 0.329 e. The van der Waals surface area contributed by atoms with E-state index in [4.69, 9.17) is 4.74 Å². The number of hydrogen-bond acceptors (Lipinski definition) is 6. The third-order valence-electron chi connectivity index (χ3n) is 5.86. The van der Waals surface area contributed by atoms with Crippen LogP contribution in [0.3, 0.4) is 0 Å². The number of carbonyl (C=O) groups excluding carboxylic acids is 4. The molecule has 178 valence electrons. The van der Waals surface area contributed by atoms with Gasteiger partial charge in [0, 0.05) is 6.54 Å². The molecule has 1 aromatic carbocycles. The van der Waals surface area contributed by atoms with E-state index in [0.29, 0.717) is 12.8 Å². The van der Waals surface area contributed by atoms with Crippen LogP contribution in [0.1, 0.15) is 74.1 Å². The summed E-state index contributed by atoms with van der Waals surface area (Å²) in [6, 6.07) is 4.03. The molecule has 1 N–H and O–H groups in total. The van der Waals surface area contributed by atoms with Gasteiger partial charge >= 0.3 is 11.9 Å². The molecule has 33 heavy (non-hydrogen) atoms. The first-order valence-electron chi connectivity index (χ1n) is 11.1. The molecule has 1 aromatic rings. The van der Waals surface area contributed by atoms with Crippen LogP contribution in [-0.4, -0.2) is 68.8 Å². The minimum absolute atomic E-state index is 0.171. The second kappa shape index (κ2) is 9.33. The number of carboxylic acids is 1. The fourth-order valence-electron chi connectivity index (χ4n) is 4.44. The largest absolute Gasteiger partial charge is 0.481 e. The van der Waals surface area contributed by atoms with Crippen molar-refractivity contribution in [2.75, 3.05) is 6.54 Å². The van der Waals surface area contributed by atoms with E-state index in [9.17, 15) is 29.1 Å². The molecule has 0 spiro atoms. The lowest BCUT2D eigenvalue weighted by atomic mass is 9.92. The number of esters is 1. The van der Waals surface area contributed by atoms with E-state index in [1.165, 1.54) is 24.0 Å². The molecular weight excluding hydrogens is 428 g/mol. The van der Waals surface area contributed by atoms with Crippen LogP contribution in [-0.2, 0) is 19.1 Å². The van der Waals surface area contributed by atoms with Crippen LogP contribution >= 0.6 is 0 Å². The number of carboxylic acid groups (broad SMARTS) is 1. The number of aliphatic carboxylic acids is 1. The first-order chi connectivity index (χ1) is 15.4. The topological polar surface area (TPSA) is 121 Å². The van der Waals surface area contributed by atoms with E-state index in [2.05, 4.69) is 0 Å². The van der Waals surface area contributed by atoms with E-state index in [0.717, 1.165) is 11.3 Å². The van der Waals surface area contributed by atoms with Gasteiger partial charge in [0.25, 0.3) is 11.8 Å². The van der Waals surface area contributed by atoms with Crippen LogP contribution in [0, 0.1) is 5.92 Å². The van der Waals surface area contributed by atoms with E-state index >= 15 is 0 Å². The summed E-state index contributed by atoms with van der Waals surface area (Å²) >= 11 is 0. The number of benzene rings is 1. The van der Waals surface area contributed by atoms with Crippen molar-refractivity contribution in [1.29, 1.82) is 0 Å². The third kappa shape index (κ3) is 5.07. The second-order valence-corrected chi connectivity index (χ2v) is 9.62. The number of piperidine rings is 1. The molecule has 0 aromatic heterocycles. The highest BCUT2D eigenvalue weighted by molar-refractivity contribution is 6.23. The smallest absolute Gasteiger partial charge is 0.329 e. The Morgan fingerprint density at radius 2 is 1.67 bits per heavy atom. The van der Waals surface area contributed by atoms with E-state index in [1.54, 1.807) is 32.9 Å². The second-order valence-electron chi connectivity index (χ2n) is 9.62. The number of ether oxygens (including phenoxy) is 1. The highest BCUT2D eigenvalue weighted by Crippen LogP contribution is 2.31. The number of rotatable bonds is 6. The van der Waals surface area contributed by atoms with Gasteiger partial charge < -0.3 is 14.7 Å². The zero-order valence-electron chi connectivity index (χ0n) is 19.4. The molecular formula is C24H30N2O7. The molecule has 2 heterocycles. The van der Waals surface area contributed by atoms with Crippen LogP contribution in [0.2, 0.25) is 0 Å². The molecule has 2 aliphatic heterocycles.